The van der Waals surface area contributed by atoms with E-state index in [0.717, 1.165) is 7.11 Å². The molecule has 0 aliphatic heterocycles. The van der Waals surface area contributed by atoms with Gasteiger partial charge in [-0.25, -0.2) is 0 Å². The molecule has 0 bridgehead atoms. The number of rotatable bonds is 2. The summed E-state index contributed by atoms with van der Waals surface area (Å²) in [5, 5.41) is 18.4. The van der Waals surface area contributed by atoms with Crippen LogP contribution in [-0.4, -0.2) is 14.4 Å². The van der Waals surface area contributed by atoms with E-state index in [-0.39, 0.29) is 59.1 Å². The Labute approximate surface area is 92.2 Å². The Morgan fingerprint density at radius 1 is 1.25 bits per heavy atom. The predicted molar refractivity (Wildman–Crippen MR) is 13.8 cm³/mol. The maximum Gasteiger partial charge on any atom is 1.00 e. The Balaban J connectivity index is -0.000000125. The summed E-state index contributed by atoms with van der Waals surface area (Å²) in [6, 6.07) is 0. The van der Waals surface area contributed by atoms with Gasteiger partial charge in [0.2, 0.25) is 0 Å². The molecule has 0 heterocycles. The second kappa shape index (κ2) is 11.7. The molecule has 0 saturated carbocycles. The van der Waals surface area contributed by atoms with Crippen LogP contribution >= 0.6 is 0 Å². The van der Waals surface area contributed by atoms with Crippen LogP contribution in [0, 0.1) is 0 Å². The molecule has 0 fully saturated rings. The third kappa shape index (κ3) is 15.7. The van der Waals surface area contributed by atoms with Crippen LogP contribution in [0.2, 0.25) is 0 Å². The summed E-state index contributed by atoms with van der Waals surface area (Å²) in [6.07, 6.45) is 0. The summed E-state index contributed by atoms with van der Waals surface area (Å²) in [5.74, 6) is 0. The van der Waals surface area contributed by atoms with Crippen LogP contribution in [0.1, 0.15) is 0 Å². The summed E-state index contributed by atoms with van der Waals surface area (Å²) < 4.78 is 0. The quantitative estimate of drug-likeness (QED) is 0.215. The van der Waals surface area contributed by atoms with Crippen LogP contribution in [0.25, 0.3) is 0 Å². The minimum absolute atomic E-state index is 0. The van der Waals surface area contributed by atoms with Crippen molar-refractivity contribution < 1.29 is 78.9 Å². The van der Waals surface area contributed by atoms with Crippen LogP contribution in [-0.2, 0) is 9.69 Å². The van der Waals surface area contributed by atoms with Gasteiger partial charge >= 0.3 is 59.1 Å². The molecule has 0 radical (unpaired) electrons. The largest absolute Gasteiger partial charge is 1.00 e. The minimum Gasteiger partial charge on any atom is -0.868 e. The molecule has 0 atom stereocenters. The molecule has 0 aliphatic carbocycles. The van der Waals surface area contributed by atoms with Crippen molar-refractivity contribution >= 4 is 7.32 Å². The molecule has 0 N–H and O–H groups in total. The van der Waals surface area contributed by atoms with Crippen LogP contribution in [0.4, 0.5) is 0 Å². The first-order valence-electron chi connectivity index (χ1n) is 1.28. The fourth-order valence-electron chi connectivity index (χ4n) is 0.0786. The Bertz CT molecular complexity index is 35.2. The fraction of sp³-hybridized carbons (Fsp3) is 1.00. The molecule has 0 aromatic heterocycles. The molecule has 7 heteroatoms. The standard InChI is InChI=1S/CH3BO4.2Na/c1-5-6-2(3)4;;/h1H3;;/q-2;2*+1. The molecular formula is CH3BNa2O4. The van der Waals surface area contributed by atoms with Gasteiger partial charge in [0, 0.05) is 0 Å². The zero-order valence-corrected chi connectivity index (χ0v) is 9.21. The van der Waals surface area contributed by atoms with E-state index in [4.69, 9.17) is 0 Å². The fourth-order valence-corrected chi connectivity index (χ4v) is 0.0786. The molecule has 0 aromatic carbocycles. The maximum absolute atomic E-state index is 9.22. The second-order valence-corrected chi connectivity index (χ2v) is 0.552. The third-order valence-corrected chi connectivity index (χ3v) is 0.175. The Kier molecular flexibility index (Phi) is 24.0. The topological polar surface area (TPSA) is 64.6 Å². The van der Waals surface area contributed by atoms with E-state index in [9.17, 15) is 10.0 Å². The molecule has 8 heavy (non-hydrogen) atoms. The van der Waals surface area contributed by atoms with Gasteiger partial charge in [-0.05, 0) is 0 Å². The molecule has 4 nitrogen and oxygen atoms in total. The zero-order chi connectivity index (χ0) is 4.99. The first-order valence-corrected chi connectivity index (χ1v) is 1.28. The van der Waals surface area contributed by atoms with Crippen LogP contribution in [0.3, 0.4) is 0 Å². The van der Waals surface area contributed by atoms with E-state index in [1.807, 2.05) is 0 Å². The van der Waals surface area contributed by atoms with E-state index in [1.165, 1.54) is 0 Å². The summed E-state index contributed by atoms with van der Waals surface area (Å²) in [6.45, 7) is 0. The molecule has 36 valence electrons. The monoisotopic (exact) mass is 136 g/mol. The normalized spacial score (nSPS) is 6.38. The van der Waals surface area contributed by atoms with Gasteiger partial charge in [0.15, 0.2) is 0 Å². The maximum atomic E-state index is 9.22. The van der Waals surface area contributed by atoms with E-state index in [2.05, 4.69) is 9.69 Å². The first kappa shape index (κ1) is 16.5. The summed E-state index contributed by atoms with van der Waals surface area (Å²) >= 11 is 0. The average molecular weight is 136 g/mol. The molecule has 0 aliphatic rings. The SMILES string of the molecule is COOB([O-])[O-].[Na+].[Na+]. The van der Waals surface area contributed by atoms with E-state index in [1.54, 1.807) is 0 Å². The van der Waals surface area contributed by atoms with Crippen molar-refractivity contribution in [1.82, 2.24) is 0 Å². The average Bonchev–Trinajstić information content (AvgIpc) is 1.35. The van der Waals surface area contributed by atoms with Gasteiger partial charge in [0.25, 0.3) is 0 Å². The summed E-state index contributed by atoms with van der Waals surface area (Å²) in [4.78, 5) is 7.11. The first-order chi connectivity index (χ1) is 2.77. The molecule has 0 saturated heterocycles. The molecule has 0 unspecified atom stereocenters. The Morgan fingerprint density at radius 3 is 1.62 bits per heavy atom. The summed E-state index contributed by atoms with van der Waals surface area (Å²) in [7, 11) is -1.22. The van der Waals surface area contributed by atoms with E-state index in [0.29, 0.717) is 0 Å². The predicted octanol–water partition coefficient (Wildman–Crippen LogP) is -8.72. The van der Waals surface area contributed by atoms with Crippen molar-refractivity contribution in [2.45, 2.75) is 0 Å². The minimum atomic E-state index is -2.32. The van der Waals surface area contributed by atoms with Gasteiger partial charge in [0.05, 0.1) is 7.11 Å². The van der Waals surface area contributed by atoms with Crippen LogP contribution in [0.15, 0.2) is 0 Å². The van der Waals surface area contributed by atoms with Crippen molar-refractivity contribution in [2.75, 3.05) is 7.11 Å². The van der Waals surface area contributed by atoms with Gasteiger partial charge < -0.3 is 14.9 Å². The molecular weight excluding hydrogens is 133 g/mol. The van der Waals surface area contributed by atoms with Gasteiger partial charge in [-0.1, -0.05) is 0 Å². The number of hydrogen-bond acceptors (Lipinski definition) is 4. The number of hydrogen-bond donors (Lipinski definition) is 0. The van der Waals surface area contributed by atoms with E-state index >= 15 is 0 Å². The molecule has 0 amide bonds. The van der Waals surface area contributed by atoms with Crippen molar-refractivity contribution in [3.05, 3.63) is 0 Å². The van der Waals surface area contributed by atoms with Crippen molar-refractivity contribution in [2.24, 2.45) is 0 Å². The van der Waals surface area contributed by atoms with Crippen molar-refractivity contribution in [3.8, 4) is 0 Å². The zero-order valence-electron chi connectivity index (χ0n) is 5.21. The van der Waals surface area contributed by atoms with Gasteiger partial charge in [0.1, 0.15) is 7.32 Å². The van der Waals surface area contributed by atoms with Crippen LogP contribution in [0.5, 0.6) is 0 Å². The summed E-state index contributed by atoms with van der Waals surface area (Å²) in [5.41, 5.74) is 0. The van der Waals surface area contributed by atoms with E-state index < -0.39 is 7.32 Å². The Hall–Kier alpha value is 1.90. The Morgan fingerprint density at radius 2 is 1.62 bits per heavy atom. The van der Waals surface area contributed by atoms with Crippen LogP contribution < -0.4 is 69.2 Å². The van der Waals surface area contributed by atoms with Crippen molar-refractivity contribution in [1.29, 1.82) is 0 Å². The van der Waals surface area contributed by atoms with Gasteiger partial charge in [-0.3, -0.25) is 4.89 Å². The third-order valence-electron chi connectivity index (χ3n) is 0.175. The molecule has 0 spiro atoms. The molecule has 0 rings (SSSR count). The van der Waals surface area contributed by atoms with Crippen molar-refractivity contribution in [3.63, 3.8) is 0 Å². The molecule has 0 aromatic rings. The van der Waals surface area contributed by atoms with Gasteiger partial charge in [-0.2, -0.15) is 0 Å². The smallest absolute Gasteiger partial charge is 0.868 e. The van der Waals surface area contributed by atoms with Gasteiger partial charge in [-0.15, -0.1) is 0 Å². The second-order valence-electron chi connectivity index (χ2n) is 0.552.